The minimum Gasteiger partial charge on any atom is -0.464 e. The number of hydrogen-bond acceptors (Lipinski definition) is 4. The number of rotatable bonds is 7. The molecule has 0 spiro atoms. The van der Waals surface area contributed by atoms with Crippen LogP contribution < -0.4 is 5.56 Å². The van der Waals surface area contributed by atoms with E-state index in [4.69, 9.17) is 4.42 Å². The monoisotopic (exact) mass is 393 g/mol. The van der Waals surface area contributed by atoms with Crippen LogP contribution >= 0.6 is 0 Å². The summed E-state index contributed by atoms with van der Waals surface area (Å²) in [5.41, 5.74) is 2.05. The van der Waals surface area contributed by atoms with Crippen LogP contribution in [0.3, 0.4) is 0 Å². The highest BCUT2D eigenvalue weighted by Crippen LogP contribution is 2.47. The lowest BCUT2D eigenvalue weighted by Gasteiger charge is -2.22. The zero-order valence-electron chi connectivity index (χ0n) is 17.2. The molecule has 0 bridgehead atoms. The van der Waals surface area contributed by atoms with Crippen molar-refractivity contribution in [2.45, 2.75) is 71.4 Å². The second-order valence-electron chi connectivity index (χ2n) is 8.55. The second-order valence-corrected chi connectivity index (χ2v) is 8.55. The molecule has 2 unspecified atom stereocenters. The molecule has 6 heteroatoms. The number of H-pyrrole nitrogens is 1. The Kier molecular flexibility index (Phi) is 5.08. The van der Waals surface area contributed by atoms with Gasteiger partial charge in [0.25, 0.3) is 5.56 Å². The van der Waals surface area contributed by atoms with Gasteiger partial charge in [-0.05, 0) is 68.7 Å². The third-order valence-corrected chi connectivity index (χ3v) is 6.30. The van der Waals surface area contributed by atoms with Gasteiger partial charge in [0.2, 0.25) is 5.91 Å². The van der Waals surface area contributed by atoms with Crippen LogP contribution in [0.2, 0.25) is 0 Å². The molecule has 2 aromatic heterocycles. The van der Waals surface area contributed by atoms with Crippen LogP contribution in [0.1, 0.15) is 72.4 Å². The number of nitriles is 1. The molecule has 2 aliphatic rings. The van der Waals surface area contributed by atoms with Crippen molar-refractivity contribution >= 4 is 5.91 Å². The first-order valence-electron chi connectivity index (χ1n) is 10.4. The highest BCUT2D eigenvalue weighted by molar-refractivity contribution is 5.77. The van der Waals surface area contributed by atoms with Gasteiger partial charge in [-0.15, -0.1) is 0 Å². The summed E-state index contributed by atoms with van der Waals surface area (Å²) >= 11 is 0. The van der Waals surface area contributed by atoms with Gasteiger partial charge in [0.1, 0.15) is 23.2 Å². The Hall–Kier alpha value is -2.81. The van der Waals surface area contributed by atoms with Gasteiger partial charge in [0.05, 0.1) is 6.54 Å². The van der Waals surface area contributed by atoms with Crippen LogP contribution in [0.15, 0.2) is 21.3 Å². The van der Waals surface area contributed by atoms with Gasteiger partial charge in [0.15, 0.2) is 0 Å². The van der Waals surface area contributed by atoms with Gasteiger partial charge in [-0.3, -0.25) is 9.59 Å². The number of carbonyl (C=O) groups is 1. The first-order chi connectivity index (χ1) is 13.9. The quantitative estimate of drug-likeness (QED) is 0.776. The number of pyridine rings is 1. The topological polar surface area (TPSA) is 90.1 Å². The Labute approximate surface area is 170 Å². The summed E-state index contributed by atoms with van der Waals surface area (Å²) in [5, 5.41) is 9.23. The molecule has 29 heavy (non-hydrogen) atoms. The molecule has 2 aliphatic carbocycles. The lowest BCUT2D eigenvalue weighted by atomic mass is 9.99. The van der Waals surface area contributed by atoms with E-state index in [1.807, 2.05) is 24.0 Å². The van der Waals surface area contributed by atoms with E-state index in [1.165, 1.54) is 6.42 Å². The summed E-state index contributed by atoms with van der Waals surface area (Å²) in [5.74, 6) is 3.21. The number of nitrogens with one attached hydrogen (secondary N) is 1. The third kappa shape index (κ3) is 4.00. The number of amides is 1. The maximum atomic E-state index is 13.0. The molecular formula is C23H27N3O3. The minimum absolute atomic E-state index is 0.0914. The molecule has 6 nitrogen and oxygen atoms in total. The first-order valence-corrected chi connectivity index (χ1v) is 10.4. The zero-order valence-corrected chi connectivity index (χ0v) is 17.2. The average molecular weight is 393 g/mol. The zero-order chi connectivity index (χ0) is 20.7. The van der Waals surface area contributed by atoms with Crippen LogP contribution in [-0.4, -0.2) is 21.8 Å². The summed E-state index contributed by atoms with van der Waals surface area (Å²) in [6, 6.07) is 6.31. The lowest BCUT2D eigenvalue weighted by Crippen LogP contribution is -2.32. The summed E-state index contributed by atoms with van der Waals surface area (Å²) in [7, 11) is 0. The number of aromatic nitrogens is 1. The van der Waals surface area contributed by atoms with Gasteiger partial charge in [-0.25, -0.2) is 0 Å². The van der Waals surface area contributed by atoms with E-state index < -0.39 is 0 Å². The van der Waals surface area contributed by atoms with Gasteiger partial charge in [-0.2, -0.15) is 5.26 Å². The number of furan rings is 1. The van der Waals surface area contributed by atoms with E-state index in [1.54, 1.807) is 6.92 Å². The Morgan fingerprint density at radius 1 is 1.34 bits per heavy atom. The Bertz CT molecular complexity index is 1040. The number of nitrogens with zero attached hydrogens (tertiary/aromatic N) is 2. The highest BCUT2D eigenvalue weighted by Gasteiger charge is 2.37. The van der Waals surface area contributed by atoms with E-state index in [0.717, 1.165) is 35.6 Å². The van der Waals surface area contributed by atoms with E-state index in [9.17, 15) is 14.9 Å². The minimum atomic E-state index is -0.365. The van der Waals surface area contributed by atoms with E-state index >= 15 is 0 Å². The van der Waals surface area contributed by atoms with Crippen molar-refractivity contribution in [2.75, 3.05) is 0 Å². The van der Waals surface area contributed by atoms with E-state index in [2.05, 4.69) is 18.0 Å². The fraction of sp³-hybridized carbons (Fsp3) is 0.522. The maximum absolute atomic E-state index is 13.0. The van der Waals surface area contributed by atoms with Gasteiger partial charge < -0.3 is 14.3 Å². The largest absolute Gasteiger partial charge is 0.464 e. The Balaban J connectivity index is 1.44. The van der Waals surface area contributed by atoms with Crippen molar-refractivity contribution < 1.29 is 9.21 Å². The van der Waals surface area contributed by atoms with Crippen LogP contribution in [0, 0.1) is 31.1 Å². The van der Waals surface area contributed by atoms with Crippen molar-refractivity contribution in [3.05, 3.63) is 56.4 Å². The predicted molar refractivity (Wildman–Crippen MR) is 108 cm³/mol. The molecule has 152 valence electrons. The molecule has 0 aromatic carbocycles. The SMILES string of the molecule is Cc1[nH]c(=O)c(C#N)c(C)c1CCC(=O)N(Cc1ccc(C2CC2C)o1)C1CC1. The van der Waals surface area contributed by atoms with Crippen LogP contribution in [0.25, 0.3) is 0 Å². The van der Waals surface area contributed by atoms with Crippen molar-refractivity contribution in [1.82, 2.24) is 9.88 Å². The second kappa shape index (κ2) is 7.55. The molecule has 2 fully saturated rings. The van der Waals surface area contributed by atoms with Crippen LogP contribution in [0.4, 0.5) is 0 Å². The molecular weight excluding hydrogens is 366 g/mol. The number of carbonyl (C=O) groups excluding carboxylic acids is 1. The molecule has 0 saturated heterocycles. The molecule has 1 N–H and O–H groups in total. The summed E-state index contributed by atoms with van der Waals surface area (Å²) in [6.45, 7) is 6.34. The predicted octanol–water partition coefficient (Wildman–Crippen LogP) is 3.70. The maximum Gasteiger partial charge on any atom is 0.266 e. The lowest BCUT2D eigenvalue weighted by molar-refractivity contribution is -0.132. The molecule has 0 aliphatic heterocycles. The molecule has 4 rings (SSSR count). The molecule has 2 saturated carbocycles. The number of aryl methyl sites for hydroxylation is 1. The van der Waals surface area contributed by atoms with Crippen molar-refractivity contribution in [2.24, 2.45) is 5.92 Å². The van der Waals surface area contributed by atoms with Gasteiger partial charge in [-0.1, -0.05) is 6.92 Å². The average Bonchev–Trinajstić information content (AvgIpc) is 3.59. The molecule has 0 radical (unpaired) electrons. The van der Waals surface area contributed by atoms with Crippen LogP contribution in [0.5, 0.6) is 0 Å². The van der Waals surface area contributed by atoms with E-state index in [-0.39, 0.29) is 17.0 Å². The Morgan fingerprint density at radius 3 is 2.69 bits per heavy atom. The Morgan fingerprint density at radius 2 is 2.07 bits per heavy atom. The van der Waals surface area contributed by atoms with Crippen LogP contribution in [-0.2, 0) is 17.8 Å². The summed E-state index contributed by atoms with van der Waals surface area (Å²) < 4.78 is 6.01. The summed E-state index contributed by atoms with van der Waals surface area (Å²) in [4.78, 5) is 29.6. The highest BCUT2D eigenvalue weighted by atomic mass is 16.3. The molecule has 1 amide bonds. The normalized spacial score (nSPS) is 20.3. The summed E-state index contributed by atoms with van der Waals surface area (Å²) in [6.07, 6.45) is 4.11. The molecule has 2 atom stereocenters. The number of aromatic amines is 1. The third-order valence-electron chi connectivity index (χ3n) is 6.30. The van der Waals surface area contributed by atoms with Crippen molar-refractivity contribution in [3.63, 3.8) is 0 Å². The van der Waals surface area contributed by atoms with Gasteiger partial charge in [0, 0.05) is 24.1 Å². The van der Waals surface area contributed by atoms with Crippen molar-refractivity contribution in [3.8, 4) is 6.07 Å². The molecule has 2 aromatic rings. The standard InChI is InChI=1S/C23H27N3O3/c1-13-10-19(13)21-8-6-17(29-21)12-26(16-4-5-16)22(27)9-7-18-14(2)20(11-24)23(28)25-15(18)3/h6,8,13,16,19H,4-5,7,9-10,12H2,1-3H3,(H,25,28). The fourth-order valence-electron chi connectivity index (χ4n) is 4.17. The van der Waals surface area contributed by atoms with Crippen molar-refractivity contribution in [1.29, 1.82) is 5.26 Å². The first kappa shape index (κ1) is 19.5. The molecule has 2 heterocycles. The smallest absolute Gasteiger partial charge is 0.266 e. The number of hydrogen-bond donors (Lipinski definition) is 1. The van der Waals surface area contributed by atoms with Gasteiger partial charge >= 0.3 is 0 Å². The fourth-order valence-corrected chi connectivity index (χ4v) is 4.17. The van der Waals surface area contributed by atoms with E-state index in [0.29, 0.717) is 42.8 Å².